The second-order valence-corrected chi connectivity index (χ2v) is 6.74. The molecule has 1 aliphatic carbocycles. The summed E-state index contributed by atoms with van der Waals surface area (Å²) in [6, 6.07) is 10.4. The zero-order valence-electron chi connectivity index (χ0n) is 10.9. The van der Waals surface area contributed by atoms with Crippen molar-refractivity contribution in [1.29, 1.82) is 0 Å². The van der Waals surface area contributed by atoms with Crippen LogP contribution in [0, 0.1) is 5.41 Å². The molecule has 2 aromatic rings. The van der Waals surface area contributed by atoms with Crippen LogP contribution in [-0.4, -0.2) is 11.1 Å². The summed E-state index contributed by atoms with van der Waals surface area (Å²) >= 11 is 1.74. The van der Waals surface area contributed by atoms with Crippen molar-refractivity contribution in [2.75, 3.05) is 0 Å². The van der Waals surface area contributed by atoms with Crippen molar-refractivity contribution in [2.24, 2.45) is 5.41 Å². The maximum atomic E-state index is 11.7. The number of aliphatic carboxylic acids is 1. The Morgan fingerprint density at radius 2 is 1.95 bits per heavy atom. The normalized spacial score (nSPS) is 18.5. The van der Waals surface area contributed by atoms with Crippen molar-refractivity contribution in [3.63, 3.8) is 0 Å². The Bertz CT molecular complexity index is 561. The van der Waals surface area contributed by atoms with Crippen LogP contribution in [0.5, 0.6) is 0 Å². The Kier molecular flexibility index (Phi) is 3.31. The van der Waals surface area contributed by atoms with E-state index in [0.29, 0.717) is 6.42 Å². The predicted molar refractivity (Wildman–Crippen MR) is 78.7 cm³/mol. The van der Waals surface area contributed by atoms with Crippen molar-refractivity contribution >= 4 is 27.4 Å². The largest absolute Gasteiger partial charge is 0.481 e. The summed E-state index contributed by atoms with van der Waals surface area (Å²) < 4.78 is 1.26. The molecule has 19 heavy (non-hydrogen) atoms. The third kappa shape index (κ3) is 2.39. The molecule has 2 nitrogen and oxygen atoms in total. The van der Waals surface area contributed by atoms with Gasteiger partial charge in [0.1, 0.15) is 0 Å². The van der Waals surface area contributed by atoms with Gasteiger partial charge in [0.2, 0.25) is 0 Å². The Morgan fingerprint density at radius 1 is 1.21 bits per heavy atom. The van der Waals surface area contributed by atoms with E-state index in [1.165, 1.54) is 21.4 Å². The molecule has 1 aromatic carbocycles. The lowest BCUT2D eigenvalue weighted by molar-refractivity contribution is -0.151. The minimum Gasteiger partial charge on any atom is -0.481 e. The maximum Gasteiger partial charge on any atom is 0.309 e. The standard InChI is InChI=1S/C16H18O2S/c17-15(18)16(8-4-1-5-9-16)11-13-10-12-6-2-3-7-14(12)19-13/h2-3,6-7,10H,1,4-5,8-9,11H2,(H,17,18). The Hall–Kier alpha value is -1.35. The van der Waals surface area contributed by atoms with Crippen molar-refractivity contribution in [3.8, 4) is 0 Å². The van der Waals surface area contributed by atoms with Crippen LogP contribution in [0.2, 0.25) is 0 Å². The molecule has 0 bridgehead atoms. The van der Waals surface area contributed by atoms with Crippen LogP contribution in [-0.2, 0) is 11.2 Å². The predicted octanol–water partition coefficient (Wildman–Crippen LogP) is 4.48. The smallest absolute Gasteiger partial charge is 0.309 e. The molecule has 0 aliphatic heterocycles. The highest BCUT2D eigenvalue weighted by atomic mass is 32.1. The first kappa shape index (κ1) is 12.7. The first-order valence-electron chi connectivity index (χ1n) is 6.90. The molecule has 1 heterocycles. The fourth-order valence-corrected chi connectivity index (χ4v) is 4.36. The lowest BCUT2D eigenvalue weighted by Crippen LogP contribution is -2.35. The lowest BCUT2D eigenvalue weighted by Gasteiger charge is -2.32. The number of fused-ring (bicyclic) bond motifs is 1. The SMILES string of the molecule is O=C(O)C1(Cc2cc3ccccc3s2)CCCCC1. The zero-order valence-corrected chi connectivity index (χ0v) is 11.7. The van der Waals surface area contributed by atoms with Gasteiger partial charge in [-0.05, 0) is 36.8 Å². The summed E-state index contributed by atoms with van der Waals surface area (Å²) in [5.41, 5.74) is -0.515. The molecule has 1 aliphatic rings. The molecule has 3 heteroatoms. The van der Waals surface area contributed by atoms with Gasteiger partial charge in [0.25, 0.3) is 0 Å². The summed E-state index contributed by atoms with van der Waals surface area (Å²) in [6.07, 6.45) is 5.64. The molecule has 0 saturated heterocycles. The van der Waals surface area contributed by atoms with Gasteiger partial charge in [-0.3, -0.25) is 4.79 Å². The molecule has 0 radical (unpaired) electrons. The Balaban J connectivity index is 1.91. The van der Waals surface area contributed by atoms with Gasteiger partial charge in [-0.25, -0.2) is 0 Å². The number of rotatable bonds is 3. The Labute approximate surface area is 117 Å². The highest BCUT2D eigenvalue weighted by Gasteiger charge is 2.39. The Morgan fingerprint density at radius 3 is 2.63 bits per heavy atom. The number of carboxylic acids is 1. The van der Waals surface area contributed by atoms with Gasteiger partial charge < -0.3 is 5.11 Å². The average molecular weight is 274 g/mol. The molecule has 1 aromatic heterocycles. The van der Waals surface area contributed by atoms with Crippen molar-refractivity contribution in [2.45, 2.75) is 38.5 Å². The molecular weight excluding hydrogens is 256 g/mol. The molecule has 1 saturated carbocycles. The van der Waals surface area contributed by atoms with Gasteiger partial charge in [-0.1, -0.05) is 37.5 Å². The molecule has 0 amide bonds. The van der Waals surface area contributed by atoms with Crippen LogP contribution in [0.3, 0.4) is 0 Å². The quantitative estimate of drug-likeness (QED) is 0.896. The first-order chi connectivity index (χ1) is 9.20. The molecule has 3 rings (SSSR count). The number of carboxylic acid groups (broad SMARTS) is 1. The third-order valence-corrected chi connectivity index (χ3v) is 5.37. The molecule has 0 spiro atoms. The molecular formula is C16H18O2S. The van der Waals surface area contributed by atoms with Crippen molar-refractivity contribution in [3.05, 3.63) is 35.2 Å². The fourth-order valence-electron chi connectivity index (χ4n) is 3.15. The number of benzene rings is 1. The van der Waals surface area contributed by atoms with Crippen LogP contribution in [0.4, 0.5) is 0 Å². The zero-order chi connectivity index (χ0) is 13.3. The number of hydrogen-bond donors (Lipinski definition) is 1. The van der Waals surface area contributed by atoms with E-state index in [-0.39, 0.29) is 0 Å². The van der Waals surface area contributed by atoms with Crippen molar-refractivity contribution in [1.82, 2.24) is 0 Å². The topological polar surface area (TPSA) is 37.3 Å². The minimum absolute atomic E-state index is 0.515. The number of carbonyl (C=O) groups is 1. The molecule has 0 unspecified atom stereocenters. The molecule has 1 fully saturated rings. The lowest BCUT2D eigenvalue weighted by atomic mass is 9.71. The molecule has 100 valence electrons. The number of thiophene rings is 1. The average Bonchev–Trinajstić information content (AvgIpc) is 2.81. The van der Waals surface area contributed by atoms with E-state index >= 15 is 0 Å². The van der Waals surface area contributed by atoms with Gasteiger partial charge in [0.15, 0.2) is 0 Å². The summed E-state index contributed by atoms with van der Waals surface area (Å²) in [6.45, 7) is 0. The highest BCUT2D eigenvalue weighted by molar-refractivity contribution is 7.19. The van der Waals surface area contributed by atoms with E-state index in [2.05, 4.69) is 18.2 Å². The third-order valence-electron chi connectivity index (χ3n) is 4.25. The van der Waals surface area contributed by atoms with Gasteiger partial charge in [0.05, 0.1) is 5.41 Å². The summed E-state index contributed by atoms with van der Waals surface area (Å²) in [4.78, 5) is 12.9. The summed E-state index contributed by atoms with van der Waals surface area (Å²) in [5, 5.41) is 10.9. The second-order valence-electron chi connectivity index (χ2n) is 5.57. The van der Waals surface area contributed by atoms with Gasteiger partial charge in [-0.15, -0.1) is 11.3 Å². The van der Waals surface area contributed by atoms with E-state index in [4.69, 9.17) is 0 Å². The monoisotopic (exact) mass is 274 g/mol. The maximum absolute atomic E-state index is 11.7. The van der Waals surface area contributed by atoms with Crippen LogP contribution in [0.15, 0.2) is 30.3 Å². The fraction of sp³-hybridized carbons (Fsp3) is 0.438. The number of hydrogen-bond acceptors (Lipinski definition) is 2. The van der Waals surface area contributed by atoms with Crippen LogP contribution in [0.1, 0.15) is 37.0 Å². The van der Waals surface area contributed by atoms with Crippen LogP contribution in [0.25, 0.3) is 10.1 Å². The molecule has 0 atom stereocenters. The van der Waals surface area contributed by atoms with E-state index in [0.717, 1.165) is 25.7 Å². The van der Waals surface area contributed by atoms with E-state index in [1.807, 2.05) is 12.1 Å². The van der Waals surface area contributed by atoms with E-state index in [9.17, 15) is 9.90 Å². The minimum atomic E-state index is -0.607. The van der Waals surface area contributed by atoms with Gasteiger partial charge in [0, 0.05) is 9.58 Å². The summed E-state index contributed by atoms with van der Waals surface area (Å²) in [7, 11) is 0. The van der Waals surface area contributed by atoms with E-state index < -0.39 is 11.4 Å². The van der Waals surface area contributed by atoms with E-state index in [1.54, 1.807) is 11.3 Å². The van der Waals surface area contributed by atoms with Crippen LogP contribution < -0.4 is 0 Å². The van der Waals surface area contributed by atoms with Crippen molar-refractivity contribution < 1.29 is 9.90 Å². The van der Waals surface area contributed by atoms with Gasteiger partial charge in [-0.2, -0.15) is 0 Å². The first-order valence-corrected chi connectivity index (χ1v) is 7.72. The highest BCUT2D eigenvalue weighted by Crippen LogP contribution is 2.41. The van der Waals surface area contributed by atoms with Gasteiger partial charge >= 0.3 is 5.97 Å². The molecule has 1 N–H and O–H groups in total. The summed E-state index contributed by atoms with van der Waals surface area (Å²) in [5.74, 6) is -0.607. The second kappa shape index (κ2) is 4.97. The van der Waals surface area contributed by atoms with Crippen LogP contribution >= 0.6 is 11.3 Å².